The number of rotatable bonds is 6. The monoisotopic (exact) mass is 359 g/mol. The molecule has 0 saturated carbocycles. The second-order valence-electron chi connectivity index (χ2n) is 6.32. The minimum Gasteiger partial charge on any atom is -0.481 e. The van der Waals surface area contributed by atoms with Crippen molar-refractivity contribution >= 4 is 16.0 Å². The van der Waals surface area contributed by atoms with Crippen molar-refractivity contribution in [3.05, 3.63) is 65.2 Å². The molecule has 0 heterocycles. The number of carbonyl (C=O) groups is 1. The number of hydrogen-bond donors (Lipinski definition) is 2. The molecule has 0 aromatic heterocycles. The van der Waals surface area contributed by atoms with Gasteiger partial charge in [-0.1, -0.05) is 36.4 Å². The maximum absolute atomic E-state index is 12.8. The number of aryl methyl sites for hydroxylation is 2. The van der Waals surface area contributed by atoms with Gasteiger partial charge >= 0.3 is 5.97 Å². The van der Waals surface area contributed by atoms with Gasteiger partial charge in [0.15, 0.2) is 0 Å². The predicted molar refractivity (Wildman–Crippen MR) is 94.8 cm³/mol. The molecule has 6 heteroatoms. The van der Waals surface area contributed by atoms with E-state index in [1.54, 1.807) is 42.5 Å². The van der Waals surface area contributed by atoms with E-state index in [2.05, 4.69) is 4.72 Å². The Hall–Kier alpha value is -2.18. The van der Waals surface area contributed by atoms with Crippen molar-refractivity contribution in [2.24, 2.45) is 0 Å². The lowest BCUT2D eigenvalue weighted by Crippen LogP contribution is -2.30. The maximum Gasteiger partial charge on any atom is 0.305 e. The molecule has 0 aliphatic heterocycles. The van der Waals surface area contributed by atoms with Crippen LogP contribution in [0.3, 0.4) is 0 Å². The van der Waals surface area contributed by atoms with E-state index in [1.165, 1.54) is 5.56 Å². The first-order chi connectivity index (χ1) is 12.0. The summed E-state index contributed by atoms with van der Waals surface area (Å²) in [6.45, 7) is 0. The summed E-state index contributed by atoms with van der Waals surface area (Å²) in [4.78, 5) is 11.4. The van der Waals surface area contributed by atoms with E-state index in [1.807, 2.05) is 6.07 Å². The van der Waals surface area contributed by atoms with Crippen molar-refractivity contribution in [1.29, 1.82) is 0 Å². The topological polar surface area (TPSA) is 83.5 Å². The zero-order valence-corrected chi connectivity index (χ0v) is 14.6. The van der Waals surface area contributed by atoms with Gasteiger partial charge in [0, 0.05) is 0 Å². The van der Waals surface area contributed by atoms with Crippen LogP contribution in [0.25, 0.3) is 0 Å². The van der Waals surface area contributed by atoms with Gasteiger partial charge in [-0.2, -0.15) is 0 Å². The third-order valence-electron chi connectivity index (χ3n) is 4.51. The summed E-state index contributed by atoms with van der Waals surface area (Å²) in [5.41, 5.74) is 2.91. The number of aliphatic carboxylic acids is 1. The Morgan fingerprint density at radius 3 is 2.40 bits per heavy atom. The van der Waals surface area contributed by atoms with Crippen molar-refractivity contribution in [2.45, 2.75) is 43.0 Å². The molecule has 2 aromatic rings. The summed E-state index contributed by atoms with van der Waals surface area (Å²) in [7, 11) is -3.80. The molecule has 1 aliphatic rings. The van der Waals surface area contributed by atoms with Crippen molar-refractivity contribution in [3.8, 4) is 0 Å². The minimum absolute atomic E-state index is 0.194. The molecule has 0 bridgehead atoms. The number of carboxylic acid groups (broad SMARTS) is 1. The van der Waals surface area contributed by atoms with Gasteiger partial charge in [0.25, 0.3) is 0 Å². The number of fused-ring (bicyclic) bond motifs is 1. The molecular formula is C19H21NO4S. The number of sulfonamides is 1. The third-order valence-corrected chi connectivity index (χ3v) is 5.98. The van der Waals surface area contributed by atoms with Gasteiger partial charge in [-0.25, -0.2) is 13.1 Å². The number of nitrogens with one attached hydrogen (secondary N) is 1. The Kier molecular flexibility index (Phi) is 5.20. The minimum atomic E-state index is -3.80. The van der Waals surface area contributed by atoms with Gasteiger partial charge < -0.3 is 5.11 Å². The van der Waals surface area contributed by atoms with Crippen molar-refractivity contribution in [2.75, 3.05) is 0 Å². The normalized spacial score (nSPS) is 15.4. The Morgan fingerprint density at radius 1 is 1.04 bits per heavy atom. The Balaban J connectivity index is 1.89. The number of hydrogen-bond acceptors (Lipinski definition) is 3. The second-order valence-corrected chi connectivity index (χ2v) is 8.03. The van der Waals surface area contributed by atoms with E-state index in [-0.39, 0.29) is 11.3 Å². The third kappa shape index (κ3) is 4.27. The van der Waals surface area contributed by atoms with Gasteiger partial charge in [-0.15, -0.1) is 0 Å². The highest BCUT2D eigenvalue weighted by atomic mass is 32.2. The SMILES string of the molecule is O=C(O)CC(NS(=O)(=O)c1ccc2c(c1)CCCC2)c1ccccc1. The first-order valence-electron chi connectivity index (χ1n) is 8.36. The van der Waals surface area contributed by atoms with E-state index in [0.717, 1.165) is 31.2 Å². The summed E-state index contributed by atoms with van der Waals surface area (Å²) in [5.74, 6) is -1.05. The number of carboxylic acids is 1. The summed E-state index contributed by atoms with van der Waals surface area (Å²) in [5, 5.41) is 9.14. The van der Waals surface area contributed by atoms with Crippen LogP contribution in [0.2, 0.25) is 0 Å². The summed E-state index contributed by atoms with van der Waals surface area (Å²) < 4.78 is 28.1. The molecule has 1 unspecified atom stereocenters. The lowest BCUT2D eigenvalue weighted by Gasteiger charge is -2.20. The Labute approximate surface area is 147 Å². The molecule has 132 valence electrons. The van der Waals surface area contributed by atoms with Crippen molar-refractivity contribution < 1.29 is 18.3 Å². The Bertz CT molecular complexity index is 862. The van der Waals surface area contributed by atoms with E-state index < -0.39 is 22.0 Å². The molecule has 3 rings (SSSR count). The van der Waals surface area contributed by atoms with Crippen LogP contribution in [0.4, 0.5) is 0 Å². The molecule has 0 saturated heterocycles. The average molecular weight is 359 g/mol. The molecule has 2 N–H and O–H groups in total. The lowest BCUT2D eigenvalue weighted by molar-refractivity contribution is -0.137. The second kappa shape index (κ2) is 7.37. The van der Waals surface area contributed by atoms with E-state index in [9.17, 15) is 13.2 Å². The van der Waals surface area contributed by atoms with E-state index in [0.29, 0.717) is 5.56 Å². The van der Waals surface area contributed by atoms with Crippen LogP contribution in [-0.2, 0) is 27.7 Å². The van der Waals surface area contributed by atoms with E-state index >= 15 is 0 Å². The highest BCUT2D eigenvalue weighted by molar-refractivity contribution is 7.89. The molecule has 0 spiro atoms. The highest BCUT2D eigenvalue weighted by Gasteiger charge is 2.24. The van der Waals surface area contributed by atoms with Crippen LogP contribution in [-0.4, -0.2) is 19.5 Å². The maximum atomic E-state index is 12.8. The van der Waals surface area contributed by atoms with Crippen LogP contribution in [0.5, 0.6) is 0 Å². The quantitative estimate of drug-likeness (QED) is 0.830. The predicted octanol–water partition coefficient (Wildman–Crippen LogP) is 3.06. The van der Waals surface area contributed by atoms with Crippen LogP contribution in [0.1, 0.15) is 42.0 Å². The molecule has 0 fully saturated rings. The van der Waals surface area contributed by atoms with Gasteiger partial charge in [0.1, 0.15) is 0 Å². The lowest BCUT2D eigenvalue weighted by atomic mass is 9.92. The van der Waals surface area contributed by atoms with Gasteiger partial charge in [-0.05, 0) is 54.5 Å². The van der Waals surface area contributed by atoms with E-state index in [4.69, 9.17) is 5.11 Å². The fraction of sp³-hybridized carbons (Fsp3) is 0.316. The molecule has 0 amide bonds. The summed E-state index contributed by atoms with van der Waals surface area (Å²) >= 11 is 0. The summed E-state index contributed by atoms with van der Waals surface area (Å²) in [6, 6.07) is 13.2. The fourth-order valence-electron chi connectivity index (χ4n) is 3.22. The fourth-order valence-corrected chi connectivity index (χ4v) is 4.49. The van der Waals surface area contributed by atoms with Crippen LogP contribution < -0.4 is 4.72 Å². The van der Waals surface area contributed by atoms with Gasteiger partial charge in [-0.3, -0.25) is 4.79 Å². The zero-order valence-electron chi connectivity index (χ0n) is 13.8. The molecular weight excluding hydrogens is 338 g/mol. The van der Waals surface area contributed by atoms with Crippen LogP contribution in [0.15, 0.2) is 53.4 Å². The molecule has 25 heavy (non-hydrogen) atoms. The summed E-state index contributed by atoms with van der Waals surface area (Å²) in [6.07, 6.45) is 3.75. The first-order valence-corrected chi connectivity index (χ1v) is 9.85. The zero-order chi connectivity index (χ0) is 17.9. The first kappa shape index (κ1) is 17.6. The van der Waals surface area contributed by atoms with Crippen LogP contribution in [0, 0.1) is 0 Å². The average Bonchev–Trinajstić information content (AvgIpc) is 2.61. The standard InChI is InChI=1S/C19H21NO4S/c21-19(22)13-18(15-7-2-1-3-8-15)20-25(23,24)17-11-10-14-6-4-5-9-16(14)12-17/h1-3,7-8,10-12,18,20H,4-6,9,13H2,(H,21,22). The number of benzene rings is 2. The molecule has 1 atom stereocenters. The molecule has 5 nitrogen and oxygen atoms in total. The molecule has 1 aliphatic carbocycles. The molecule has 2 aromatic carbocycles. The largest absolute Gasteiger partial charge is 0.481 e. The van der Waals surface area contributed by atoms with Crippen molar-refractivity contribution in [3.63, 3.8) is 0 Å². The van der Waals surface area contributed by atoms with Crippen molar-refractivity contribution in [1.82, 2.24) is 4.72 Å². The molecule has 0 radical (unpaired) electrons. The van der Waals surface area contributed by atoms with Gasteiger partial charge in [0.05, 0.1) is 17.4 Å². The Morgan fingerprint density at radius 2 is 1.72 bits per heavy atom. The van der Waals surface area contributed by atoms with Gasteiger partial charge in [0.2, 0.25) is 10.0 Å². The smallest absolute Gasteiger partial charge is 0.305 e. The highest BCUT2D eigenvalue weighted by Crippen LogP contribution is 2.26. The van der Waals surface area contributed by atoms with Crippen LogP contribution >= 0.6 is 0 Å².